The molecule has 0 saturated carbocycles. The maximum Gasteiger partial charge on any atom is 0.407 e. The first kappa shape index (κ1) is 17.3. The predicted molar refractivity (Wildman–Crippen MR) is 86.6 cm³/mol. The molecule has 6 heteroatoms. The van der Waals surface area contributed by atoms with E-state index in [0.717, 1.165) is 5.56 Å². The van der Waals surface area contributed by atoms with Crippen LogP contribution in [0.4, 0.5) is 4.79 Å². The molecule has 1 amide bonds. The second-order valence-electron chi connectivity index (χ2n) is 6.12. The second-order valence-corrected chi connectivity index (χ2v) is 6.12. The zero-order chi connectivity index (χ0) is 17.1. The Kier molecular flexibility index (Phi) is 5.26. The van der Waals surface area contributed by atoms with Gasteiger partial charge < -0.3 is 14.7 Å². The summed E-state index contributed by atoms with van der Waals surface area (Å²) in [6, 6.07) is 7.63. The first-order chi connectivity index (χ1) is 10.8. The number of hydrogen-bond acceptors (Lipinski definition) is 4. The Bertz CT molecular complexity index is 572. The number of carbonyl (C=O) groups is 2. The predicted octanol–water partition coefficient (Wildman–Crippen LogP) is 2.61. The summed E-state index contributed by atoms with van der Waals surface area (Å²) in [5.41, 5.74) is 1.63. The fourth-order valence-corrected chi connectivity index (χ4v) is 3.17. The van der Waals surface area contributed by atoms with Gasteiger partial charge in [0.05, 0.1) is 12.7 Å². The molecule has 23 heavy (non-hydrogen) atoms. The quantitative estimate of drug-likeness (QED) is 0.867. The minimum atomic E-state index is -0.862. The van der Waals surface area contributed by atoms with Crippen molar-refractivity contribution in [1.29, 1.82) is 0 Å². The zero-order valence-electron chi connectivity index (χ0n) is 14.0. The summed E-state index contributed by atoms with van der Waals surface area (Å²) in [5, 5.41) is 9.24. The van der Waals surface area contributed by atoms with E-state index in [1.807, 2.05) is 26.0 Å². The van der Waals surface area contributed by atoms with Crippen LogP contribution in [0.25, 0.3) is 0 Å². The third kappa shape index (κ3) is 3.64. The average Bonchev–Trinajstić information content (AvgIpc) is 2.55. The third-order valence-corrected chi connectivity index (χ3v) is 4.59. The van der Waals surface area contributed by atoms with Crippen LogP contribution in [0.1, 0.15) is 42.7 Å². The standard InChI is InChI=1S/C17H24N2O4/c1-11-10-19(17(21)22)12(2)9-18(11)13(3)14-5-7-15(8-6-14)16(20)23-4/h5-8,11-13H,9-10H2,1-4H3,(H,21,22)/t11?,12-,13?/m1/s1. The third-order valence-electron chi connectivity index (χ3n) is 4.59. The van der Waals surface area contributed by atoms with Gasteiger partial charge in [0.15, 0.2) is 0 Å². The van der Waals surface area contributed by atoms with Crippen LogP contribution < -0.4 is 0 Å². The molecule has 1 heterocycles. The largest absolute Gasteiger partial charge is 0.465 e. The van der Waals surface area contributed by atoms with Crippen molar-refractivity contribution in [2.75, 3.05) is 20.2 Å². The minimum absolute atomic E-state index is 0.0412. The van der Waals surface area contributed by atoms with Crippen molar-refractivity contribution in [2.24, 2.45) is 0 Å². The normalized spacial score (nSPS) is 23.4. The Labute approximate surface area is 136 Å². The molecule has 3 atom stereocenters. The lowest BCUT2D eigenvalue weighted by Crippen LogP contribution is -2.58. The Balaban J connectivity index is 2.12. The maximum atomic E-state index is 11.5. The van der Waals surface area contributed by atoms with Gasteiger partial charge in [-0.3, -0.25) is 4.90 Å². The molecular formula is C17H24N2O4. The number of benzene rings is 1. The number of hydrogen-bond donors (Lipinski definition) is 1. The molecule has 0 spiro atoms. The molecule has 1 saturated heterocycles. The molecule has 1 aromatic rings. The molecule has 0 radical (unpaired) electrons. The van der Waals surface area contributed by atoms with Crippen LogP contribution in [0.5, 0.6) is 0 Å². The van der Waals surface area contributed by atoms with E-state index < -0.39 is 6.09 Å². The highest BCUT2D eigenvalue weighted by atomic mass is 16.5. The van der Waals surface area contributed by atoms with E-state index in [9.17, 15) is 14.7 Å². The fraction of sp³-hybridized carbons (Fsp3) is 0.529. The van der Waals surface area contributed by atoms with Crippen molar-refractivity contribution in [3.05, 3.63) is 35.4 Å². The number of rotatable bonds is 3. The average molecular weight is 320 g/mol. The van der Waals surface area contributed by atoms with Gasteiger partial charge in [-0.25, -0.2) is 9.59 Å². The molecule has 1 N–H and O–H groups in total. The van der Waals surface area contributed by atoms with Gasteiger partial charge >= 0.3 is 12.1 Å². The number of amides is 1. The Morgan fingerprint density at radius 3 is 2.30 bits per heavy atom. The van der Waals surface area contributed by atoms with Crippen molar-refractivity contribution < 1.29 is 19.4 Å². The Morgan fingerprint density at radius 1 is 1.17 bits per heavy atom. The number of esters is 1. The molecule has 0 bridgehead atoms. The van der Waals surface area contributed by atoms with E-state index in [4.69, 9.17) is 4.74 Å². The lowest BCUT2D eigenvalue weighted by molar-refractivity contribution is 0.0232. The highest BCUT2D eigenvalue weighted by Gasteiger charge is 2.34. The fourth-order valence-electron chi connectivity index (χ4n) is 3.17. The number of carbonyl (C=O) groups excluding carboxylic acids is 1. The molecule has 2 unspecified atom stereocenters. The van der Waals surface area contributed by atoms with E-state index in [2.05, 4.69) is 11.8 Å². The molecule has 2 rings (SSSR count). The number of ether oxygens (including phenoxy) is 1. The van der Waals surface area contributed by atoms with Crippen LogP contribution in [-0.4, -0.2) is 59.3 Å². The van der Waals surface area contributed by atoms with Gasteiger partial charge in [-0.15, -0.1) is 0 Å². The molecule has 1 aliphatic heterocycles. The van der Waals surface area contributed by atoms with Crippen LogP contribution in [0.3, 0.4) is 0 Å². The summed E-state index contributed by atoms with van der Waals surface area (Å²) < 4.78 is 4.71. The smallest absolute Gasteiger partial charge is 0.407 e. The zero-order valence-corrected chi connectivity index (χ0v) is 14.0. The summed E-state index contributed by atoms with van der Waals surface area (Å²) in [7, 11) is 1.36. The van der Waals surface area contributed by atoms with Crippen LogP contribution in [-0.2, 0) is 4.74 Å². The summed E-state index contributed by atoms with van der Waals surface area (Å²) in [5.74, 6) is -0.346. The molecular weight excluding hydrogens is 296 g/mol. The SMILES string of the molecule is COC(=O)c1ccc(C(C)N2C[C@@H](C)N(C(=O)O)CC2C)cc1. The molecule has 1 aromatic carbocycles. The van der Waals surface area contributed by atoms with E-state index >= 15 is 0 Å². The minimum Gasteiger partial charge on any atom is -0.465 e. The van der Waals surface area contributed by atoms with E-state index in [1.54, 1.807) is 12.1 Å². The van der Waals surface area contributed by atoms with Gasteiger partial charge in [0.2, 0.25) is 0 Å². The van der Waals surface area contributed by atoms with Crippen molar-refractivity contribution in [3.63, 3.8) is 0 Å². The van der Waals surface area contributed by atoms with Crippen LogP contribution in [0.2, 0.25) is 0 Å². The van der Waals surface area contributed by atoms with Crippen LogP contribution >= 0.6 is 0 Å². The summed E-state index contributed by atoms with van der Waals surface area (Å²) in [6.07, 6.45) is -0.862. The van der Waals surface area contributed by atoms with Crippen molar-refractivity contribution in [1.82, 2.24) is 9.80 Å². The van der Waals surface area contributed by atoms with Gasteiger partial charge in [-0.05, 0) is 38.5 Å². The number of nitrogens with zero attached hydrogens (tertiary/aromatic N) is 2. The van der Waals surface area contributed by atoms with Gasteiger partial charge in [0, 0.05) is 31.2 Å². The van der Waals surface area contributed by atoms with Crippen molar-refractivity contribution in [3.8, 4) is 0 Å². The molecule has 6 nitrogen and oxygen atoms in total. The van der Waals surface area contributed by atoms with Crippen molar-refractivity contribution in [2.45, 2.75) is 38.9 Å². The lowest BCUT2D eigenvalue weighted by Gasteiger charge is -2.45. The summed E-state index contributed by atoms with van der Waals surface area (Å²) >= 11 is 0. The van der Waals surface area contributed by atoms with E-state index in [1.165, 1.54) is 12.0 Å². The second kappa shape index (κ2) is 7.00. The van der Waals surface area contributed by atoms with E-state index in [0.29, 0.717) is 18.7 Å². The molecule has 0 aromatic heterocycles. The monoisotopic (exact) mass is 320 g/mol. The Hall–Kier alpha value is -2.08. The van der Waals surface area contributed by atoms with Crippen LogP contribution in [0.15, 0.2) is 24.3 Å². The van der Waals surface area contributed by atoms with Gasteiger partial charge in [0.25, 0.3) is 0 Å². The van der Waals surface area contributed by atoms with Gasteiger partial charge in [0.1, 0.15) is 0 Å². The Morgan fingerprint density at radius 2 is 1.78 bits per heavy atom. The number of methoxy groups -OCH3 is 1. The number of piperazine rings is 1. The molecule has 1 aliphatic rings. The highest BCUT2D eigenvalue weighted by Crippen LogP contribution is 2.27. The molecule has 126 valence electrons. The van der Waals surface area contributed by atoms with Crippen molar-refractivity contribution >= 4 is 12.1 Å². The summed E-state index contributed by atoms with van der Waals surface area (Å²) in [4.78, 5) is 26.5. The topological polar surface area (TPSA) is 70.1 Å². The lowest BCUT2D eigenvalue weighted by atomic mass is 10.00. The van der Waals surface area contributed by atoms with Gasteiger partial charge in [-0.2, -0.15) is 0 Å². The van der Waals surface area contributed by atoms with E-state index in [-0.39, 0.29) is 24.1 Å². The first-order valence-electron chi connectivity index (χ1n) is 7.78. The molecule has 0 aliphatic carbocycles. The summed E-state index contributed by atoms with van der Waals surface area (Å²) in [6.45, 7) is 7.27. The highest BCUT2D eigenvalue weighted by molar-refractivity contribution is 5.89. The number of carboxylic acid groups (broad SMARTS) is 1. The maximum absolute atomic E-state index is 11.5. The van der Waals surface area contributed by atoms with Gasteiger partial charge in [-0.1, -0.05) is 12.1 Å². The molecule has 1 fully saturated rings. The first-order valence-corrected chi connectivity index (χ1v) is 7.78. The van der Waals surface area contributed by atoms with Crippen LogP contribution in [0, 0.1) is 0 Å².